The highest BCUT2D eigenvalue weighted by atomic mass is 32.2. The zero-order valence-corrected chi connectivity index (χ0v) is 16.8. The van der Waals surface area contributed by atoms with Crippen molar-refractivity contribution >= 4 is 21.7 Å². The predicted octanol–water partition coefficient (Wildman–Crippen LogP) is 3.08. The molecule has 4 rings (SSSR count). The van der Waals surface area contributed by atoms with Gasteiger partial charge in [-0.3, -0.25) is 0 Å². The van der Waals surface area contributed by atoms with Gasteiger partial charge in [0.2, 0.25) is 15.9 Å². The van der Waals surface area contributed by atoms with E-state index < -0.39 is 16.1 Å². The second-order valence-corrected chi connectivity index (χ2v) is 10.0. The number of ether oxygens (including phenoxy) is 1. The summed E-state index contributed by atoms with van der Waals surface area (Å²) in [6.07, 6.45) is 8.75. The molecule has 1 aliphatic heterocycles. The van der Waals surface area contributed by atoms with Crippen LogP contribution in [-0.2, 0) is 10.0 Å². The summed E-state index contributed by atoms with van der Waals surface area (Å²) in [4.78, 5) is 16.2. The lowest BCUT2D eigenvalue weighted by atomic mass is 10.0. The molecule has 0 aromatic carbocycles. The van der Waals surface area contributed by atoms with Gasteiger partial charge in [0.05, 0.1) is 10.9 Å². The number of carbonyl (C=O) groups is 1. The minimum atomic E-state index is -3.23. The van der Waals surface area contributed by atoms with E-state index in [0.29, 0.717) is 19.5 Å². The molecule has 0 bridgehead atoms. The molecule has 0 atom stereocenters. The maximum Gasteiger partial charge on any atom is 0.414 e. The van der Waals surface area contributed by atoms with Crippen molar-refractivity contribution in [3.8, 4) is 5.88 Å². The molecular weight excluding hydrogens is 378 g/mol. The predicted molar refractivity (Wildman–Crippen MR) is 106 cm³/mol. The zero-order chi connectivity index (χ0) is 19.6. The molecule has 2 aliphatic carbocycles. The van der Waals surface area contributed by atoms with Gasteiger partial charge in [-0.2, -0.15) is 4.31 Å². The number of hydrogen-bond acceptors (Lipinski definition) is 5. The quantitative estimate of drug-likeness (QED) is 0.813. The van der Waals surface area contributed by atoms with Crippen molar-refractivity contribution in [2.24, 2.45) is 0 Å². The standard InChI is InChI=1S/C20H27N3O4S/c24-20(21-16-9-10-16)27-19-8-4-7-18(22-19)15-11-13-23(14-12-15)28(25,26)17-5-2-1-3-6-17/h4,7-8,11,16-17H,1-3,5-6,9-10,12-14H2,(H,21,24). The normalized spacial score (nSPS) is 21.8. The van der Waals surface area contributed by atoms with Gasteiger partial charge >= 0.3 is 6.09 Å². The Balaban J connectivity index is 1.40. The van der Waals surface area contributed by atoms with Gasteiger partial charge in [0.1, 0.15) is 0 Å². The van der Waals surface area contributed by atoms with Crippen molar-refractivity contribution in [3.63, 3.8) is 0 Å². The van der Waals surface area contributed by atoms with Crippen LogP contribution < -0.4 is 10.1 Å². The maximum absolute atomic E-state index is 12.9. The third-order valence-corrected chi connectivity index (χ3v) is 8.02. The van der Waals surface area contributed by atoms with E-state index in [9.17, 15) is 13.2 Å². The lowest BCUT2D eigenvalue weighted by molar-refractivity contribution is 0.198. The lowest BCUT2D eigenvalue weighted by Crippen LogP contribution is -2.41. The van der Waals surface area contributed by atoms with Gasteiger partial charge in [-0.15, -0.1) is 0 Å². The van der Waals surface area contributed by atoms with Crippen LogP contribution in [0.3, 0.4) is 0 Å². The van der Waals surface area contributed by atoms with Crippen LogP contribution in [0, 0.1) is 0 Å². The molecular formula is C20H27N3O4S. The van der Waals surface area contributed by atoms with E-state index >= 15 is 0 Å². The summed E-state index contributed by atoms with van der Waals surface area (Å²) in [6, 6.07) is 5.55. The summed E-state index contributed by atoms with van der Waals surface area (Å²) in [6.45, 7) is 0.850. The second kappa shape index (κ2) is 8.21. The van der Waals surface area contributed by atoms with Crippen molar-refractivity contribution in [1.29, 1.82) is 0 Å². The number of sulfonamides is 1. The first kappa shape index (κ1) is 19.4. The minimum absolute atomic E-state index is 0.226. The van der Waals surface area contributed by atoms with E-state index in [1.54, 1.807) is 16.4 Å². The molecule has 0 saturated heterocycles. The summed E-state index contributed by atoms with van der Waals surface area (Å²) < 4.78 is 32.6. The Bertz CT molecular complexity index is 858. The Labute approximate surface area is 166 Å². The fourth-order valence-electron chi connectivity index (χ4n) is 3.86. The highest BCUT2D eigenvalue weighted by Gasteiger charge is 2.33. The van der Waals surface area contributed by atoms with Gasteiger partial charge < -0.3 is 10.1 Å². The number of nitrogens with zero attached hydrogens (tertiary/aromatic N) is 2. The summed E-state index contributed by atoms with van der Waals surface area (Å²) in [5, 5.41) is 2.54. The van der Waals surface area contributed by atoms with Crippen LogP contribution in [-0.4, -0.2) is 48.2 Å². The molecule has 1 amide bonds. The molecule has 0 radical (unpaired) electrons. The molecule has 152 valence electrons. The number of amides is 1. The Hall–Kier alpha value is -1.93. The van der Waals surface area contributed by atoms with Gasteiger partial charge in [-0.1, -0.05) is 31.4 Å². The van der Waals surface area contributed by atoms with Crippen LogP contribution in [0.25, 0.3) is 5.57 Å². The van der Waals surface area contributed by atoms with Crippen molar-refractivity contribution in [1.82, 2.24) is 14.6 Å². The fourth-order valence-corrected chi connectivity index (χ4v) is 5.84. The van der Waals surface area contributed by atoms with Crippen molar-refractivity contribution in [2.75, 3.05) is 13.1 Å². The van der Waals surface area contributed by atoms with Crippen LogP contribution in [0.2, 0.25) is 0 Å². The van der Waals surface area contributed by atoms with Crippen LogP contribution in [0.5, 0.6) is 5.88 Å². The number of pyridine rings is 1. The smallest absolute Gasteiger partial charge is 0.391 e. The molecule has 1 aromatic rings. The SMILES string of the molecule is O=C(NC1CC1)Oc1cccc(C2=CCN(S(=O)(=O)C3CCCCC3)CC2)n1. The maximum atomic E-state index is 12.9. The van der Waals surface area contributed by atoms with Gasteiger partial charge in [-0.25, -0.2) is 18.2 Å². The number of aromatic nitrogens is 1. The number of hydrogen-bond donors (Lipinski definition) is 1. The van der Waals surface area contributed by atoms with Gasteiger partial charge in [0.25, 0.3) is 0 Å². The molecule has 2 heterocycles. The fraction of sp³-hybridized carbons (Fsp3) is 0.600. The number of carbonyl (C=O) groups excluding carboxylic acids is 1. The largest absolute Gasteiger partial charge is 0.414 e. The first-order chi connectivity index (χ1) is 13.5. The summed E-state index contributed by atoms with van der Waals surface area (Å²) >= 11 is 0. The van der Waals surface area contributed by atoms with Gasteiger partial charge in [0.15, 0.2) is 0 Å². The highest BCUT2D eigenvalue weighted by Crippen LogP contribution is 2.29. The molecule has 0 unspecified atom stereocenters. The Morgan fingerprint density at radius 2 is 1.93 bits per heavy atom. The molecule has 7 nitrogen and oxygen atoms in total. The first-order valence-electron chi connectivity index (χ1n) is 10.2. The minimum Gasteiger partial charge on any atom is -0.391 e. The molecule has 2 saturated carbocycles. The van der Waals surface area contributed by atoms with E-state index in [1.165, 1.54) is 0 Å². The van der Waals surface area contributed by atoms with E-state index in [1.807, 2.05) is 12.1 Å². The molecule has 1 N–H and O–H groups in total. The molecule has 1 aromatic heterocycles. The van der Waals surface area contributed by atoms with Crippen LogP contribution in [0.15, 0.2) is 24.3 Å². The Morgan fingerprint density at radius 3 is 2.61 bits per heavy atom. The Morgan fingerprint density at radius 1 is 1.14 bits per heavy atom. The molecule has 28 heavy (non-hydrogen) atoms. The third kappa shape index (κ3) is 4.55. The van der Waals surface area contributed by atoms with E-state index in [4.69, 9.17) is 4.74 Å². The monoisotopic (exact) mass is 405 g/mol. The highest BCUT2D eigenvalue weighted by molar-refractivity contribution is 7.89. The van der Waals surface area contributed by atoms with Crippen LogP contribution >= 0.6 is 0 Å². The van der Waals surface area contributed by atoms with Crippen molar-refractivity contribution in [3.05, 3.63) is 30.0 Å². The zero-order valence-electron chi connectivity index (χ0n) is 16.0. The molecule has 2 fully saturated rings. The average Bonchev–Trinajstić information content (AvgIpc) is 3.53. The lowest BCUT2D eigenvalue weighted by Gasteiger charge is -2.31. The van der Waals surface area contributed by atoms with Crippen LogP contribution in [0.1, 0.15) is 57.1 Å². The summed E-state index contributed by atoms with van der Waals surface area (Å²) in [7, 11) is -3.23. The average molecular weight is 406 g/mol. The number of rotatable bonds is 5. The second-order valence-electron chi connectivity index (χ2n) is 7.81. The third-order valence-electron chi connectivity index (χ3n) is 5.65. The van der Waals surface area contributed by atoms with E-state index in [2.05, 4.69) is 10.3 Å². The molecule has 3 aliphatic rings. The van der Waals surface area contributed by atoms with E-state index in [-0.39, 0.29) is 17.2 Å². The summed E-state index contributed by atoms with van der Waals surface area (Å²) in [5.74, 6) is 0.258. The van der Waals surface area contributed by atoms with Crippen molar-refractivity contribution < 1.29 is 17.9 Å². The van der Waals surface area contributed by atoms with E-state index in [0.717, 1.165) is 56.2 Å². The van der Waals surface area contributed by atoms with Crippen LogP contribution in [0.4, 0.5) is 4.79 Å². The molecule has 0 spiro atoms. The van der Waals surface area contributed by atoms with Crippen molar-refractivity contribution in [2.45, 2.75) is 62.7 Å². The molecule has 8 heteroatoms. The Kier molecular flexibility index (Phi) is 5.68. The van der Waals surface area contributed by atoms with Gasteiger partial charge in [0, 0.05) is 25.2 Å². The number of nitrogens with one attached hydrogen (secondary N) is 1. The topological polar surface area (TPSA) is 88.6 Å². The van der Waals surface area contributed by atoms with Gasteiger partial charge in [-0.05, 0) is 43.7 Å². The first-order valence-corrected chi connectivity index (χ1v) is 11.7. The summed E-state index contributed by atoms with van der Waals surface area (Å²) in [5.41, 5.74) is 1.72.